The molecule has 120 valence electrons. The van der Waals surface area contributed by atoms with Gasteiger partial charge in [0, 0.05) is 12.6 Å². The molecule has 0 aromatic carbocycles. The zero-order chi connectivity index (χ0) is 15.5. The molecule has 0 saturated heterocycles. The summed E-state index contributed by atoms with van der Waals surface area (Å²) >= 11 is 0. The van der Waals surface area contributed by atoms with Gasteiger partial charge in [0.1, 0.15) is 0 Å². The lowest BCUT2D eigenvalue weighted by molar-refractivity contribution is -0.142. The number of carboxylic acid groups (broad SMARTS) is 1. The number of carbonyl (C=O) groups excluding carboxylic acids is 1. The third-order valence-corrected chi connectivity index (χ3v) is 5.13. The molecule has 2 unspecified atom stereocenters. The van der Waals surface area contributed by atoms with Crippen LogP contribution in [0.5, 0.6) is 0 Å². The fraction of sp³-hybridized carbons (Fsp3) is 0.867. The summed E-state index contributed by atoms with van der Waals surface area (Å²) in [6, 6.07) is -0.224. The predicted octanol–water partition coefficient (Wildman–Crippen LogP) is 1.48. The molecule has 4 N–H and O–H groups in total. The maximum absolute atomic E-state index is 11.9. The van der Waals surface area contributed by atoms with Gasteiger partial charge >= 0.3 is 12.0 Å². The molecule has 2 aliphatic carbocycles. The van der Waals surface area contributed by atoms with Crippen molar-refractivity contribution in [1.29, 1.82) is 0 Å². The van der Waals surface area contributed by atoms with Gasteiger partial charge in [0.05, 0.1) is 11.5 Å². The van der Waals surface area contributed by atoms with Gasteiger partial charge in [0.15, 0.2) is 0 Å². The number of rotatable bonds is 4. The van der Waals surface area contributed by atoms with E-state index in [1.54, 1.807) is 0 Å². The molecule has 0 aromatic rings. The molecule has 6 nitrogen and oxygen atoms in total. The van der Waals surface area contributed by atoms with Crippen LogP contribution in [0.2, 0.25) is 0 Å². The minimum atomic E-state index is -0.779. The third kappa shape index (κ3) is 4.09. The van der Waals surface area contributed by atoms with Gasteiger partial charge in [-0.1, -0.05) is 13.3 Å². The lowest BCUT2D eigenvalue weighted by Crippen LogP contribution is -2.50. The average Bonchev–Trinajstić information content (AvgIpc) is 2.78. The quantitative estimate of drug-likeness (QED) is 0.632. The van der Waals surface area contributed by atoms with Gasteiger partial charge in [-0.05, 0) is 44.4 Å². The standard InChI is InChI=1S/C15H26N2O4/c1-10-3-2-8-15(10,21)9-16-14(20)17-12-6-4-11(5-7-12)13(18)19/h10-12,21H,2-9H2,1H3,(H,18,19)(H2,16,17,20). The molecule has 0 radical (unpaired) electrons. The third-order valence-electron chi connectivity index (χ3n) is 5.13. The van der Waals surface area contributed by atoms with Crippen LogP contribution in [0, 0.1) is 11.8 Å². The molecule has 2 rings (SSSR count). The van der Waals surface area contributed by atoms with Crippen LogP contribution in [0.25, 0.3) is 0 Å². The average molecular weight is 298 g/mol. The van der Waals surface area contributed by atoms with E-state index in [4.69, 9.17) is 5.11 Å². The number of hydrogen-bond acceptors (Lipinski definition) is 3. The first-order chi connectivity index (χ1) is 9.90. The van der Waals surface area contributed by atoms with Crippen molar-refractivity contribution in [2.75, 3.05) is 6.54 Å². The molecule has 0 heterocycles. The largest absolute Gasteiger partial charge is 0.481 e. The number of hydrogen-bond donors (Lipinski definition) is 4. The van der Waals surface area contributed by atoms with Gasteiger partial charge in [-0.3, -0.25) is 4.79 Å². The van der Waals surface area contributed by atoms with E-state index in [1.807, 2.05) is 6.92 Å². The summed E-state index contributed by atoms with van der Waals surface area (Å²) in [6.07, 6.45) is 5.36. The van der Waals surface area contributed by atoms with E-state index in [2.05, 4.69) is 10.6 Å². The number of nitrogens with one attached hydrogen (secondary N) is 2. The lowest BCUT2D eigenvalue weighted by Gasteiger charge is -2.30. The summed E-state index contributed by atoms with van der Waals surface area (Å²) in [5.74, 6) is -0.801. The van der Waals surface area contributed by atoms with Crippen LogP contribution in [-0.2, 0) is 4.79 Å². The fourth-order valence-corrected chi connectivity index (χ4v) is 3.45. The number of carbonyl (C=O) groups is 2. The van der Waals surface area contributed by atoms with E-state index in [9.17, 15) is 14.7 Å². The van der Waals surface area contributed by atoms with Crippen molar-refractivity contribution < 1.29 is 19.8 Å². The Labute approximate surface area is 125 Å². The Hall–Kier alpha value is -1.30. The SMILES string of the molecule is CC1CCCC1(O)CNC(=O)NC1CCC(C(=O)O)CC1. The maximum Gasteiger partial charge on any atom is 0.315 e. The topological polar surface area (TPSA) is 98.7 Å². The van der Waals surface area contributed by atoms with Crippen LogP contribution in [-0.4, -0.2) is 40.4 Å². The zero-order valence-electron chi connectivity index (χ0n) is 12.6. The number of amides is 2. The van der Waals surface area contributed by atoms with Gasteiger partial charge < -0.3 is 20.8 Å². The van der Waals surface area contributed by atoms with Crippen LogP contribution >= 0.6 is 0 Å². The highest BCUT2D eigenvalue weighted by Gasteiger charge is 2.38. The Balaban J connectivity index is 1.70. The molecule has 0 spiro atoms. The smallest absolute Gasteiger partial charge is 0.315 e. The van der Waals surface area contributed by atoms with E-state index >= 15 is 0 Å². The number of aliphatic carboxylic acids is 1. The molecule has 2 fully saturated rings. The van der Waals surface area contributed by atoms with Crippen LogP contribution in [0.1, 0.15) is 51.9 Å². The molecule has 2 aliphatic rings. The summed E-state index contributed by atoms with van der Waals surface area (Å²) in [6.45, 7) is 2.30. The van der Waals surface area contributed by atoms with Gasteiger partial charge in [0.25, 0.3) is 0 Å². The van der Waals surface area contributed by atoms with Crippen molar-refractivity contribution in [2.24, 2.45) is 11.8 Å². The Kier molecular flexibility index (Phi) is 5.08. The summed E-state index contributed by atoms with van der Waals surface area (Å²) in [7, 11) is 0. The van der Waals surface area contributed by atoms with Crippen LogP contribution in [0.3, 0.4) is 0 Å². The van der Waals surface area contributed by atoms with Gasteiger partial charge in [-0.2, -0.15) is 0 Å². The molecule has 2 saturated carbocycles. The molecule has 0 bridgehead atoms. The molecule has 2 atom stereocenters. The van der Waals surface area contributed by atoms with E-state index in [-0.39, 0.29) is 30.5 Å². The van der Waals surface area contributed by atoms with Crippen molar-refractivity contribution in [3.8, 4) is 0 Å². The van der Waals surface area contributed by atoms with Crippen LogP contribution in [0.15, 0.2) is 0 Å². The molecule has 0 aliphatic heterocycles. The Morgan fingerprint density at radius 3 is 2.38 bits per heavy atom. The molecule has 21 heavy (non-hydrogen) atoms. The Bertz CT molecular complexity index is 393. The summed E-state index contributed by atoms with van der Waals surface area (Å²) in [5.41, 5.74) is -0.779. The molecular formula is C15H26N2O4. The minimum absolute atomic E-state index is 0.0382. The van der Waals surface area contributed by atoms with Gasteiger partial charge in [-0.25, -0.2) is 4.79 Å². The summed E-state index contributed by atoms with van der Waals surface area (Å²) in [4.78, 5) is 22.8. The lowest BCUT2D eigenvalue weighted by atomic mass is 9.86. The van der Waals surface area contributed by atoms with E-state index in [0.29, 0.717) is 25.7 Å². The summed E-state index contributed by atoms with van der Waals surface area (Å²) in [5, 5.41) is 25.0. The fourth-order valence-electron chi connectivity index (χ4n) is 3.45. The van der Waals surface area contributed by atoms with Crippen molar-refractivity contribution in [2.45, 2.75) is 63.5 Å². The molecule has 6 heteroatoms. The van der Waals surface area contributed by atoms with E-state index in [1.165, 1.54) is 0 Å². The second kappa shape index (κ2) is 6.64. The molecular weight excluding hydrogens is 272 g/mol. The highest BCUT2D eigenvalue weighted by atomic mass is 16.4. The molecule has 2 amide bonds. The highest BCUT2D eigenvalue weighted by molar-refractivity contribution is 5.74. The Morgan fingerprint density at radius 2 is 1.86 bits per heavy atom. The second-order valence-electron chi connectivity index (χ2n) is 6.61. The zero-order valence-corrected chi connectivity index (χ0v) is 12.6. The number of urea groups is 1. The van der Waals surface area contributed by atoms with E-state index < -0.39 is 11.6 Å². The first kappa shape index (κ1) is 16.1. The highest BCUT2D eigenvalue weighted by Crippen LogP contribution is 2.34. The predicted molar refractivity (Wildman–Crippen MR) is 77.9 cm³/mol. The monoisotopic (exact) mass is 298 g/mol. The minimum Gasteiger partial charge on any atom is -0.481 e. The number of carboxylic acids is 1. The van der Waals surface area contributed by atoms with Crippen LogP contribution < -0.4 is 10.6 Å². The van der Waals surface area contributed by atoms with Crippen molar-refractivity contribution in [3.63, 3.8) is 0 Å². The normalized spacial score (nSPS) is 36.2. The first-order valence-electron chi connectivity index (χ1n) is 7.90. The Morgan fingerprint density at radius 1 is 1.19 bits per heavy atom. The van der Waals surface area contributed by atoms with Crippen molar-refractivity contribution in [1.82, 2.24) is 10.6 Å². The van der Waals surface area contributed by atoms with Crippen LogP contribution in [0.4, 0.5) is 4.79 Å². The first-order valence-corrected chi connectivity index (χ1v) is 7.90. The van der Waals surface area contributed by atoms with Crippen molar-refractivity contribution in [3.05, 3.63) is 0 Å². The number of aliphatic hydroxyl groups is 1. The van der Waals surface area contributed by atoms with Gasteiger partial charge in [0.2, 0.25) is 0 Å². The second-order valence-corrected chi connectivity index (χ2v) is 6.61. The molecule has 0 aromatic heterocycles. The van der Waals surface area contributed by atoms with Gasteiger partial charge in [-0.15, -0.1) is 0 Å². The van der Waals surface area contributed by atoms with Crippen molar-refractivity contribution >= 4 is 12.0 Å². The van der Waals surface area contributed by atoms with E-state index in [0.717, 1.165) is 19.3 Å². The maximum atomic E-state index is 11.9. The summed E-state index contributed by atoms with van der Waals surface area (Å²) < 4.78 is 0.